The van der Waals surface area contributed by atoms with Crippen molar-refractivity contribution in [3.8, 4) is 11.5 Å². The number of para-hydroxylation sites is 1. The fourth-order valence-electron chi connectivity index (χ4n) is 2.84. The first-order chi connectivity index (χ1) is 10.8. The molecule has 0 saturated carbocycles. The van der Waals surface area contributed by atoms with Crippen LogP contribution < -0.4 is 14.4 Å². The Morgan fingerprint density at radius 1 is 1.09 bits per heavy atom. The maximum Gasteiger partial charge on any atom is 0.251 e. The van der Waals surface area contributed by atoms with E-state index in [4.69, 9.17) is 9.47 Å². The van der Waals surface area contributed by atoms with E-state index < -0.39 is 0 Å². The van der Waals surface area contributed by atoms with Crippen LogP contribution in [0.5, 0.6) is 11.5 Å². The van der Waals surface area contributed by atoms with Crippen molar-refractivity contribution in [2.45, 2.75) is 6.42 Å². The lowest BCUT2D eigenvalue weighted by Gasteiger charge is -2.14. The molecule has 4 nitrogen and oxygen atoms in total. The number of hydrogen-bond donors (Lipinski definition) is 0. The molecule has 0 N–H and O–H groups in total. The molecule has 4 heteroatoms. The zero-order valence-electron chi connectivity index (χ0n) is 12.0. The van der Waals surface area contributed by atoms with Gasteiger partial charge in [0.05, 0.1) is 0 Å². The van der Waals surface area contributed by atoms with Crippen molar-refractivity contribution < 1.29 is 14.3 Å². The van der Waals surface area contributed by atoms with Gasteiger partial charge in [-0.25, -0.2) is 0 Å². The summed E-state index contributed by atoms with van der Waals surface area (Å²) in [5.41, 5.74) is 3.17. The van der Waals surface area contributed by atoms with Gasteiger partial charge in [-0.3, -0.25) is 4.79 Å². The summed E-state index contributed by atoms with van der Waals surface area (Å²) in [6, 6.07) is 13.7. The Hall–Kier alpha value is -2.75. The van der Waals surface area contributed by atoms with Crippen LogP contribution in [0.4, 0.5) is 5.69 Å². The molecule has 0 unspecified atom stereocenters. The number of amides is 1. The molecule has 2 aliphatic rings. The number of benzene rings is 2. The Kier molecular flexibility index (Phi) is 3.07. The number of rotatable bonds is 2. The highest BCUT2D eigenvalue weighted by Crippen LogP contribution is 2.33. The SMILES string of the molecule is O=C(C=Cc1ccc2c(c1)OCO2)N1CCc2ccccc21. The summed E-state index contributed by atoms with van der Waals surface area (Å²) >= 11 is 0. The molecule has 0 bridgehead atoms. The normalized spacial score (nSPS) is 15.4. The molecule has 0 spiro atoms. The number of carbonyl (C=O) groups is 1. The van der Waals surface area contributed by atoms with E-state index in [0.717, 1.165) is 35.7 Å². The summed E-state index contributed by atoms with van der Waals surface area (Å²) in [5, 5.41) is 0. The third-order valence-electron chi connectivity index (χ3n) is 3.97. The van der Waals surface area contributed by atoms with Gasteiger partial charge in [-0.2, -0.15) is 0 Å². The summed E-state index contributed by atoms with van der Waals surface area (Å²) < 4.78 is 10.6. The zero-order valence-corrected chi connectivity index (χ0v) is 12.0. The van der Waals surface area contributed by atoms with Gasteiger partial charge in [0.2, 0.25) is 6.79 Å². The molecule has 2 aromatic carbocycles. The molecule has 0 aromatic heterocycles. The Morgan fingerprint density at radius 3 is 2.91 bits per heavy atom. The smallest absolute Gasteiger partial charge is 0.251 e. The van der Waals surface area contributed by atoms with E-state index in [0.29, 0.717) is 0 Å². The molecule has 2 aromatic rings. The molecule has 22 heavy (non-hydrogen) atoms. The van der Waals surface area contributed by atoms with E-state index in [9.17, 15) is 4.79 Å². The van der Waals surface area contributed by atoms with Gasteiger partial charge in [0.1, 0.15) is 0 Å². The predicted octanol–water partition coefficient (Wildman–Crippen LogP) is 3.02. The quantitative estimate of drug-likeness (QED) is 0.799. The molecule has 0 saturated heterocycles. The first-order valence-corrected chi connectivity index (χ1v) is 7.28. The minimum atomic E-state index is 0.00242. The summed E-state index contributed by atoms with van der Waals surface area (Å²) in [6.07, 6.45) is 4.34. The zero-order chi connectivity index (χ0) is 14.9. The van der Waals surface area contributed by atoms with Gasteiger partial charge in [-0.15, -0.1) is 0 Å². The number of hydrogen-bond acceptors (Lipinski definition) is 3. The van der Waals surface area contributed by atoms with Crippen molar-refractivity contribution in [1.82, 2.24) is 0 Å². The fraction of sp³-hybridized carbons (Fsp3) is 0.167. The van der Waals surface area contributed by atoms with Gasteiger partial charge in [0.25, 0.3) is 5.91 Å². The van der Waals surface area contributed by atoms with Crippen LogP contribution in [0.1, 0.15) is 11.1 Å². The molecule has 4 rings (SSSR count). The predicted molar refractivity (Wildman–Crippen MR) is 84.1 cm³/mol. The average Bonchev–Trinajstić information content (AvgIpc) is 3.18. The Balaban J connectivity index is 1.53. The maximum absolute atomic E-state index is 12.4. The summed E-state index contributed by atoms with van der Waals surface area (Å²) in [5.74, 6) is 1.47. The second-order valence-electron chi connectivity index (χ2n) is 5.31. The largest absolute Gasteiger partial charge is 0.454 e. The number of ether oxygens (including phenoxy) is 2. The van der Waals surface area contributed by atoms with Gasteiger partial charge in [0, 0.05) is 18.3 Å². The molecule has 0 aliphatic carbocycles. The van der Waals surface area contributed by atoms with Crippen LogP contribution in [-0.4, -0.2) is 19.2 Å². The number of carbonyl (C=O) groups excluding carboxylic acids is 1. The van der Waals surface area contributed by atoms with E-state index in [1.54, 1.807) is 6.08 Å². The fourth-order valence-corrected chi connectivity index (χ4v) is 2.84. The van der Waals surface area contributed by atoms with E-state index >= 15 is 0 Å². The van der Waals surface area contributed by atoms with Crippen molar-refractivity contribution in [2.24, 2.45) is 0 Å². The topological polar surface area (TPSA) is 38.8 Å². The van der Waals surface area contributed by atoms with Crippen LogP contribution in [0.2, 0.25) is 0 Å². The highest BCUT2D eigenvalue weighted by molar-refractivity contribution is 6.05. The second kappa shape index (κ2) is 5.22. The molecule has 0 fully saturated rings. The van der Waals surface area contributed by atoms with Crippen LogP contribution in [0.15, 0.2) is 48.5 Å². The van der Waals surface area contributed by atoms with Crippen molar-refractivity contribution in [3.05, 3.63) is 59.7 Å². The molecule has 1 amide bonds. The van der Waals surface area contributed by atoms with Crippen LogP contribution >= 0.6 is 0 Å². The van der Waals surface area contributed by atoms with Crippen molar-refractivity contribution in [1.29, 1.82) is 0 Å². The molecule has 110 valence electrons. The van der Waals surface area contributed by atoms with Gasteiger partial charge in [-0.05, 0) is 41.8 Å². The molecule has 0 radical (unpaired) electrons. The molecule has 2 aliphatic heterocycles. The van der Waals surface area contributed by atoms with Crippen LogP contribution in [0.25, 0.3) is 6.08 Å². The lowest BCUT2D eigenvalue weighted by molar-refractivity contribution is -0.114. The number of nitrogens with zero attached hydrogens (tertiary/aromatic N) is 1. The number of anilines is 1. The van der Waals surface area contributed by atoms with Gasteiger partial charge < -0.3 is 14.4 Å². The Labute approximate surface area is 128 Å². The summed E-state index contributed by atoms with van der Waals surface area (Å²) in [4.78, 5) is 14.2. The first-order valence-electron chi connectivity index (χ1n) is 7.28. The minimum Gasteiger partial charge on any atom is -0.454 e. The third-order valence-corrected chi connectivity index (χ3v) is 3.97. The Morgan fingerprint density at radius 2 is 1.95 bits per heavy atom. The molecular formula is C18H15NO3. The van der Waals surface area contributed by atoms with Crippen LogP contribution in [0.3, 0.4) is 0 Å². The standard InChI is InChI=1S/C18H15NO3/c20-18(19-10-9-14-3-1-2-4-15(14)19)8-6-13-5-7-16-17(11-13)22-12-21-16/h1-8,11H,9-10,12H2. The van der Waals surface area contributed by atoms with Gasteiger partial charge >= 0.3 is 0 Å². The highest BCUT2D eigenvalue weighted by atomic mass is 16.7. The Bertz CT molecular complexity index is 767. The minimum absolute atomic E-state index is 0.00242. The van der Waals surface area contributed by atoms with E-state index in [-0.39, 0.29) is 12.7 Å². The maximum atomic E-state index is 12.4. The average molecular weight is 293 g/mol. The highest BCUT2D eigenvalue weighted by Gasteiger charge is 2.22. The lowest BCUT2D eigenvalue weighted by atomic mass is 10.1. The van der Waals surface area contributed by atoms with E-state index in [1.165, 1.54) is 5.56 Å². The first kappa shape index (κ1) is 13.0. The number of fused-ring (bicyclic) bond motifs is 2. The lowest BCUT2D eigenvalue weighted by Crippen LogP contribution is -2.26. The van der Waals surface area contributed by atoms with Crippen LogP contribution in [0, 0.1) is 0 Å². The molecule has 2 heterocycles. The van der Waals surface area contributed by atoms with Crippen LogP contribution in [-0.2, 0) is 11.2 Å². The third kappa shape index (κ3) is 2.22. The summed E-state index contributed by atoms with van der Waals surface area (Å²) in [7, 11) is 0. The second-order valence-corrected chi connectivity index (χ2v) is 5.31. The van der Waals surface area contributed by atoms with Crippen molar-refractivity contribution in [2.75, 3.05) is 18.2 Å². The van der Waals surface area contributed by atoms with Gasteiger partial charge in [-0.1, -0.05) is 24.3 Å². The van der Waals surface area contributed by atoms with Crippen molar-refractivity contribution in [3.63, 3.8) is 0 Å². The molecular weight excluding hydrogens is 278 g/mol. The van der Waals surface area contributed by atoms with Crippen molar-refractivity contribution >= 4 is 17.7 Å². The van der Waals surface area contributed by atoms with E-state index in [2.05, 4.69) is 6.07 Å². The molecule has 0 atom stereocenters. The van der Waals surface area contributed by atoms with Gasteiger partial charge in [0.15, 0.2) is 11.5 Å². The summed E-state index contributed by atoms with van der Waals surface area (Å²) in [6.45, 7) is 0.996. The van der Waals surface area contributed by atoms with E-state index in [1.807, 2.05) is 47.4 Å². The monoisotopic (exact) mass is 293 g/mol.